The summed E-state index contributed by atoms with van der Waals surface area (Å²) in [5.41, 5.74) is 5.16. The Kier molecular flexibility index (Phi) is 7.90. The van der Waals surface area contributed by atoms with Gasteiger partial charge in [0.1, 0.15) is 25.6 Å². The third kappa shape index (κ3) is 6.50. The number of hydrazone groups is 1. The average Bonchev–Trinajstić information content (AvgIpc) is 2.79. The second-order valence-electron chi connectivity index (χ2n) is 7.18. The molecule has 0 saturated heterocycles. The van der Waals surface area contributed by atoms with Gasteiger partial charge < -0.3 is 14.2 Å². The van der Waals surface area contributed by atoms with Crippen LogP contribution in [0.2, 0.25) is 5.02 Å². The van der Waals surface area contributed by atoms with Gasteiger partial charge in [-0.15, -0.1) is 0 Å². The molecule has 1 aliphatic heterocycles. The Morgan fingerprint density at radius 3 is 2.39 bits per heavy atom. The molecule has 1 N–H and O–H groups in total. The number of ether oxygens (including phenoxy) is 3. The van der Waals surface area contributed by atoms with Gasteiger partial charge in [0.15, 0.2) is 11.5 Å². The van der Waals surface area contributed by atoms with Gasteiger partial charge >= 0.3 is 0 Å². The third-order valence-corrected chi connectivity index (χ3v) is 6.12. The number of rotatable bonds is 7. The van der Waals surface area contributed by atoms with Crippen LogP contribution in [-0.2, 0) is 17.8 Å². The van der Waals surface area contributed by atoms with Gasteiger partial charge in [0.05, 0.1) is 21.6 Å². The minimum atomic E-state index is -0.232. The minimum absolute atomic E-state index is 0.179. The van der Waals surface area contributed by atoms with Crippen LogP contribution in [0.1, 0.15) is 16.7 Å². The monoisotopic (exact) mass is 592 g/mol. The van der Waals surface area contributed by atoms with Crippen LogP contribution in [0.15, 0.2) is 68.6 Å². The van der Waals surface area contributed by atoms with Crippen molar-refractivity contribution in [3.63, 3.8) is 0 Å². The van der Waals surface area contributed by atoms with Crippen LogP contribution in [0.3, 0.4) is 0 Å². The van der Waals surface area contributed by atoms with E-state index in [2.05, 4.69) is 42.4 Å². The van der Waals surface area contributed by atoms with E-state index in [0.29, 0.717) is 42.1 Å². The van der Waals surface area contributed by atoms with Crippen molar-refractivity contribution in [2.45, 2.75) is 13.0 Å². The SMILES string of the molecule is O=C(Cc1ccc2c(c1)OCCO2)N/N=C/c1cc(Br)c(OCc2ccc(Cl)cc2)c(Br)c1. The molecule has 0 radical (unpaired) electrons. The van der Waals surface area contributed by atoms with E-state index >= 15 is 0 Å². The lowest BCUT2D eigenvalue weighted by Gasteiger charge is -2.18. The Balaban J connectivity index is 1.33. The van der Waals surface area contributed by atoms with Gasteiger partial charge in [-0.1, -0.05) is 29.8 Å². The summed E-state index contributed by atoms with van der Waals surface area (Å²) >= 11 is 13.0. The van der Waals surface area contributed by atoms with Crippen molar-refractivity contribution in [2.24, 2.45) is 5.10 Å². The fourth-order valence-corrected chi connectivity index (χ4v) is 4.71. The number of amides is 1. The van der Waals surface area contributed by atoms with Crippen LogP contribution in [0.25, 0.3) is 0 Å². The summed E-state index contributed by atoms with van der Waals surface area (Å²) in [5, 5.41) is 4.75. The zero-order chi connectivity index (χ0) is 23.2. The first-order chi connectivity index (χ1) is 16.0. The average molecular weight is 595 g/mol. The highest BCUT2D eigenvalue weighted by Gasteiger charge is 2.13. The standard InChI is InChI=1S/C24H19Br2ClN2O4/c25-19-9-17(10-20(26)24(19)33-14-15-1-4-18(27)5-2-15)13-28-29-23(30)12-16-3-6-21-22(11-16)32-8-7-31-21/h1-6,9-11,13H,7-8,12,14H2,(H,29,30)/b28-13+. The summed E-state index contributed by atoms with van der Waals surface area (Å²) in [5.74, 6) is 1.79. The van der Waals surface area contributed by atoms with E-state index in [-0.39, 0.29) is 12.3 Å². The Morgan fingerprint density at radius 2 is 1.67 bits per heavy atom. The van der Waals surface area contributed by atoms with Gasteiger partial charge in [0.25, 0.3) is 0 Å². The maximum absolute atomic E-state index is 12.3. The molecule has 1 aliphatic rings. The predicted octanol–water partition coefficient (Wildman–Crippen LogP) is 5.91. The van der Waals surface area contributed by atoms with Crippen LogP contribution in [0.5, 0.6) is 17.2 Å². The molecule has 0 unspecified atom stereocenters. The highest BCUT2D eigenvalue weighted by Crippen LogP contribution is 2.35. The zero-order valence-electron chi connectivity index (χ0n) is 17.3. The largest absolute Gasteiger partial charge is 0.487 e. The number of nitrogens with zero attached hydrogens (tertiary/aromatic N) is 1. The normalized spacial score (nSPS) is 12.6. The second-order valence-corrected chi connectivity index (χ2v) is 9.32. The number of nitrogens with one attached hydrogen (secondary N) is 1. The topological polar surface area (TPSA) is 69.2 Å². The molecule has 0 fully saturated rings. The Bertz CT molecular complexity index is 1160. The fraction of sp³-hybridized carbons (Fsp3) is 0.167. The van der Waals surface area contributed by atoms with Crippen molar-refractivity contribution in [3.05, 3.63) is 85.3 Å². The van der Waals surface area contributed by atoms with Crippen molar-refractivity contribution in [1.29, 1.82) is 0 Å². The van der Waals surface area contributed by atoms with E-state index in [4.69, 9.17) is 25.8 Å². The summed E-state index contributed by atoms with van der Waals surface area (Å²) < 4.78 is 18.5. The van der Waals surface area contributed by atoms with Gasteiger partial charge in [-0.2, -0.15) is 5.10 Å². The zero-order valence-corrected chi connectivity index (χ0v) is 21.2. The van der Waals surface area contributed by atoms with Crippen LogP contribution in [-0.4, -0.2) is 25.3 Å². The lowest BCUT2D eigenvalue weighted by Crippen LogP contribution is -2.20. The number of hydrogen-bond acceptors (Lipinski definition) is 5. The molecule has 9 heteroatoms. The van der Waals surface area contributed by atoms with Crippen LogP contribution in [0.4, 0.5) is 0 Å². The fourth-order valence-electron chi connectivity index (χ4n) is 3.13. The summed E-state index contributed by atoms with van der Waals surface area (Å²) in [6.45, 7) is 1.43. The maximum Gasteiger partial charge on any atom is 0.244 e. The summed E-state index contributed by atoms with van der Waals surface area (Å²) in [6, 6.07) is 16.7. The number of carbonyl (C=O) groups is 1. The van der Waals surface area contributed by atoms with Gasteiger partial charge in [-0.25, -0.2) is 5.43 Å². The molecule has 4 rings (SSSR count). The molecule has 3 aromatic rings. The van der Waals surface area contributed by atoms with Crippen molar-refractivity contribution < 1.29 is 19.0 Å². The highest BCUT2D eigenvalue weighted by molar-refractivity contribution is 9.11. The summed E-state index contributed by atoms with van der Waals surface area (Å²) in [4.78, 5) is 12.3. The summed E-state index contributed by atoms with van der Waals surface area (Å²) in [7, 11) is 0. The lowest BCUT2D eigenvalue weighted by atomic mass is 10.1. The molecular formula is C24H19Br2ClN2O4. The molecule has 6 nitrogen and oxygen atoms in total. The second kappa shape index (κ2) is 11.0. The molecule has 1 heterocycles. The highest BCUT2D eigenvalue weighted by atomic mass is 79.9. The van der Waals surface area contributed by atoms with E-state index in [9.17, 15) is 4.79 Å². The maximum atomic E-state index is 12.3. The molecule has 0 spiro atoms. The van der Waals surface area contributed by atoms with Crippen LogP contribution >= 0.6 is 43.5 Å². The van der Waals surface area contributed by atoms with E-state index in [0.717, 1.165) is 25.6 Å². The van der Waals surface area contributed by atoms with E-state index in [1.165, 1.54) is 0 Å². The number of hydrogen-bond donors (Lipinski definition) is 1. The quantitative estimate of drug-likeness (QED) is 0.273. The van der Waals surface area contributed by atoms with Crippen molar-refractivity contribution in [1.82, 2.24) is 5.43 Å². The summed E-state index contributed by atoms with van der Waals surface area (Å²) in [6.07, 6.45) is 1.75. The Labute approximate surface area is 213 Å². The minimum Gasteiger partial charge on any atom is -0.487 e. The predicted molar refractivity (Wildman–Crippen MR) is 134 cm³/mol. The van der Waals surface area contributed by atoms with E-state index in [1.807, 2.05) is 54.6 Å². The number of benzene rings is 3. The molecule has 0 aromatic heterocycles. The molecule has 0 bridgehead atoms. The molecule has 0 atom stereocenters. The van der Waals surface area contributed by atoms with E-state index < -0.39 is 0 Å². The van der Waals surface area contributed by atoms with Gasteiger partial charge in [0.2, 0.25) is 5.91 Å². The van der Waals surface area contributed by atoms with Crippen molar-refractivity contribution in [3.8, 4) is 17.2 Å². The number of carbonyl (C=O) groups excluding carboxylic acids is 1. The van der Waals surface area contributed by atoms with Crippen molar-refractivity contribution >= 4 is 55.6 Å². The van der Waals surface area contributed by atoms with Gasteiger partial charge in [-0.05, 0) is 84.9 Å². The number of halogens is 3. The number of fused-ring (bicyclic) bond motifs is 1. The third-order valence-electron chi connectivity index (χ3n) is 4.69. The van der Waals surface area contributed by atoms with Gasteiger partial charge in [-0.3, -0.25) is 4.79 Å². The molecule has 0 aliphatic carbocycles. The lowest BCUT2D eigenvalue weighted by molar-refractivity contribution is -0.120. The van der Waals surface area contributed by atoms with Crippen LogP contribution in [0, 0.1) is 0 Å². The molecular weight excluding hydrogens is 576 g/mol. The van der Waals surface area contributed by atoms with E-state index in [1.54, 1.807) is 6.21 Å². The molecule has 170 valence electrons. The van der Waals surface area contributed by atoms with Gasteiger partial charge in [0, 0.05) is 5.02 Å². The molecule has 33 heavy (non-hydrogen) atoms. The Hall–Kier alpha value is -2.55. The first-order valence-electron chi connectivity index (χ1n) is 10.0. The first kappa shape index (κ1) is 23.6. The first-order valence-corrected chi connectivity index (χ1v) is 12.0. The van der Waals surface area contributed by atoms with Crippen LogP contribution < -0.4 is 19.6 Å². The van der Waals surface area contributed by atoms with Crippen molar-refractivity contribution in [2.75, 3.05) is 13.2 Å². The molecule has 3 aromatic carbocycles. The molecule has 1 amide bonds. The Morgan fingerprint density at radius 1 is 1.00 bits per heavy atom. The molecule has 0 saturated carbocycles. The smallest absolute Gasteiger partial charge is 0.244 e.